The van der Waals surface area contributed by atoms with Crippen LogP contribution < -0.4 is 5.32 Å². The number of nitrogens with zero attached hydrogens (tertiary/aromatic N) is 1. The molecular formula is C15H19BrN2O2S. The number of rotatable bonds is 5. The normalized spacial score (nSPS) is 11.6. The van der Waals surface area contributed by atoms with E-state index in [0.29, 0.717) is 25.3 Å². The number of hydrogen-bond acceptors (Lipinski definition) is 4. The van der Waals surface area contributed by atoms with E-state index in [2.05, 4.69) is 47.0 Å². The standard InChI is InChI=1S/C15H19BrN2O2S/c1-15(2,3)11-9-18-13(20-11)5-4-12(19)17-8-10-6-7-21-14(10)16/h6-7,9H,4-5,8H2,1-3H3,(H,17,19). The maximum Gasteiger partial charge on any atom is 0.220 e. The van der Waals surface area contributed by atoms with Gasteiger partial charge < -0.3 is 9.73 Å². The molecule has 114 valence electrons. The monoisotopic (exact) mass is 370 g/mol. The first-order valence-electron chi connectivity index (χ1n) is 6.80. The fraction of sp³-hybridized carbons (Fsp3) is 0.467. The second kappa shape index (κ2) is 6.75. The van der Waals surface area contributed by atoms with E-state index >= 15 is 0 Å². The molecule has 0 aliphatic heterocycles. The third-order valence-corrected chi connectivity index (χ3v) is 4.84. The van der Waals surface area contributed by atoms with Crippen LogP contribution in [-0.4, -0.2) is 10.9 Å². The molecule has 0 atom stereocenters. The minimum absolute atomic E-state index is 0.00334. The molecule has 2 aromatic rings. The van der Waals surface area contributed by atoms with Gasteiger partial charge in [-0.2, -0.15) is 0 Å². The molecule has 0 aliphatic rings. The van der Waals surface area contributed by atoms with E-state index in [1.807, 2.05) is 11.4 Å². The van der Waals surface area contributed by atoms with Crippen LogP contribution in [0.1, 0.15) is 44.4 Å². The number of carbonyl (C=O) groups excluding carboxylic acids is 1. The van der Waals surface area contributed by atoms with Crippen molar-refractivity contribution in [1.29, 1.82) is 0 Å². The number of halogens is 1. The number of nitrogens with one attached hydrogen (secondary N) is 1. The zero-order valence-corrected chi connectivity index (χ0v) is 14.8. The third-order valence-electron chi connectivity index (χ3n) is 3.03. The van der Waals surface area contributed by atoms with Gasteiger partial charge in [-0.15, -0.1) is 11.3 Å². The van der Waals surface area contributed by atoms with Crippen molar-refractivity contribution in [2.75, 3.05) is 0 Å². The first kappa shape index (κ1) is 16.2. The third kappa shape index (κ3) is 4.68. The summed E-state index contributed by atoms with van der Waals surface area (Å²) in [5.74, 6) is 1.47. The Balaban J connectivity index is 1.79. The Bertz CT molecular complexity index is 613. The van der Waals surface area contributed by atoms with Crippen molar-refractivity contribution in [2.45, 2.75) is 45.6 Å². The van der Waals surface area contributed by atoms with Gasteiger partial charge in [-0.3, -0.25) is 4.79 Å². The van der Waals surface area contributed by atoms with Crippen molar-refractivity contribution in [1.82, 2.24) is 10.3 Å². The summed E-state index contributed by atoms with van der Waals surface area (Å²) < 4.78 is 6.73. The highest BCUT2D eigenvalue weighted by Gasteiger charge is 2.19. The first-order chi connectivity index (χ1) is 9.86. The van der Waals surface area contributed by atoms with Crippen molar-refractivity contribution in [3.63, 3.8) is 0 Å². The van der Waals surface area contributed by atoms with Crippen LogP contribution in [0.25, 0.3) is 0 Å². The number of aromatic nitrogens is 1. The molecule has 0 unspecified atom stereocenters. The maximum atomic E-state index is 11.8. The lowest BCUT2D eigenvalue weighted by molar-refractivity contribution is -0.121. The number of oxazole rings is 1. The summed E-state index contributed by atoms with van der Waals surface area (Å²) in [6.45, 7) is 6.76. The molecule has 0 spiro atoms. The van der Waals surface area contributed by atoms with Crippen molar-refractivity contribution < 1.29 is 9.21 Å². The molecule has 0 aromatic carbocycles. The van der Waals surface area contributed by atoms with Crippen LogP contribution in [0.15, 0.2) is 25.8 Å². The molecule has 0 saturated heterocycles. The Morgan fingerprint density at radius 3 is 2.81 bits per heavy atom. The summed E-state index contributed by atoms with van der Waals surface area (Å²) in [5.41, 5.74) is 1.04. The topological polar surface area (TPSA) is 55.1 Å². The molecule has 2 rings (SSSR count). The Morgan fingerprint density at radius 1 is 1.48 bits per heavy atom. The summed E-state index contributed by atoms with van der Waals surface area (Å²) in [6, 6.07) is 2.00. The molecule has 0 saturated carbocycles. The van der Waals surface area contributed by atoms with Gasteiger partial charge >= 0.3 is 0 Å². The van der Waals surface area contributed by atoms with Gasteiger partial charge in [0.1, 0.15) is 5.76 Å². The van der Waals surface area contributed by atoms with Gasteiger partial charge in [0.15, 0.2) is 5.89 Å². The lowest BCUT2D eigenvalue weighted by Crippen LogP contribution is -2.22. The Labute approximate surface area is 137 Å². The van der Waals surface area contributed by atoms with Gasteiger partial charge in [0.25, 0.3) is 0 Å². The van der Waals surface area contributed by atoms with Crippen LogP contribution in [0, 0.1) is 0 Å². The molecular weight excluding hydrogens is 352 g/mol. The van der Waals surface area contributed by atoms with E-state index in [1.54, 1.807) is 17.5 Å². The second-order valence-electron chi connectivity index (χ2n) is 5.86. The van der Waals surface area contributed by atoms with Crippen LogP contribution in [-0.2, 0) is 23.2 Å². The summed E-state index contributed by atoms with van der Waals surface area (Å²) in [7, 11) is 0. The number of hydrogen-bond donors (Lipinski definition) is 1. The van der Waals surface area contributed by atoms with Crippen molar-refractivity contribution >= 4 is 33.2 Å². The molecule has 6 heteroatoms. The number of aryl methyl sites for hydroxylation is 1. The van der Waals surface area contributed by atoms with E-state index in [-0.39, 0.29) is 11.3 Å². The summed E-state index contributed by atoms with van der Waals surface area (Å²) in [6.07, 6.45) is 2.65. The summed E-state index contributed by atoms with van der Waals surface area (Å²) in [5, 5.41) is 4.89. The molecule has 21 heavy (non-hydrogen) atoms. The highest BCUT2D eigenvalue weighted by atomic mass is 79.9. The van der Waals surface area contributed by atoms with Crippen LogP contribution in [0.4, 0.5) is 0 Å². The highest BCUT2D eigenvalue weighted by Crippen LogP contribution is 2.24. The molecule has 4 nitrogen and oxygen atoms in total. The van der Waals surface area contributed by atoms with E-state index in [1.165, 1.54) is 0 Å². The maximum absolute atomic E-state index is 11.8. The van der Waals surface area contributed by atoms with Crippen molar-refractivity contribution in [3.05, 3.63) is 38.6 Å². The molecule has 0 bridgehead atoms. The molecule has 0 radical (unpaired) electrons. The zero-order chi connectivity index (χ0) is 15.5. The number of amides is 1. The van der Waals surface area contributed by atoms with Crippen LogP contribution in [0.3, 0.4) is 0 Å². The Hall–Kier alpha value is -1.14. The van der Waals surface area contributed by atoms with Crippen molar-refractivity contribution in [3.8, 4) is 0 Å². The van der Waals surface area contributed by atoms with Gasteiger partial charge in [0.2, 0.25) is 5.91 Å². The molecule has 2 aromatic heterocycles. The molecule has 1 N–H and O–H groups in total. The molecule has 2 heterocycles. The number of carbonyl (C=O) groups is 1. The smallest absolute Gasteiger partial charge is 0.220 e. The zero-order valence-electron chi connectivity index (χ0n) is 12.4. The Morgan fingerprint density at radius 2 is 2.24 bits per heavy atom. The quantitative estimate of drug-likeness (QED) is 0.863. The molecule has 0 aliphatic carbocycles. The van der Waals surface area contributed by atoms with E-state index in [0.717, 1.165) is 15.1 Å². The fourth-order valence-corrected chi connectivity index (χ4v) is 2.96. The first-order valence-corrected chi connectivity index (χ1v) is 8.47. The van der Waals surface area contributed by atoms with E-state index in [9.17, 15) is 4.79 Å². The SMILES string of the molecule is CC(C)(C)c1cnc(CCC(=O)NCc2ccsc2Br)o1. The van der Waals surface area contributed by atoms with E-state index in [4.69, 9.17) is 4.42 Å². The van der Waals surface area contributed by atoms with Gasteiger partial charge in [0, 0.05) is 24.8 Å². The minimum Gasteiger partial charge on any atom is -0.445 e. The average molecular weight is 371 g/mol. The van der Waals surface area contributed by atoms with Gasteiger partial charge in [0.05, 0.1) is 9.98 Å². The predicted molar refractivity (Wildman–Crippen MR) is 87.4 cm³/mol. The lowest BCUT2D eigenvalue weighted by atomic mass is 9.94. The van der Waals surface area contributed by atoms with Crippen molar-refractivity contribution in [2.24, 2.45) is 0 Å². The van der Waals surface area contributed by atoms with Crippen LogP contribution in [0.5, 0.6) is 0 Å². The average Bonchev–Trinajstić information content (AvgIpc) is 3.02. The van der Waals surface area contributed by atoms with Gasteiger partial charge in [-0.1, -0.05) is 20.8 Å². The van der Waals surface area contributed by atoms with Crippen LogP contribution in [0.2, 0.25) is 0 Å². The van der Waals surface area contributed by atoms with Crippen LogP contribution >= 0.6 is 27.3 Å². The van der Waals surface area contributed by atoms with E-state index < -0.39 is 0 Å². The minimum atomic E-state index is -0.0568. The molecule has 0 fully saturated rings. The number of thiophene rings is 1. The lowest BCUT2D eigenvalue weighted by Gasteiger charge is -2.13. The fourth-order valence-electron chi connectivity index (χ4n) is 1.72. The largest absolute Gasteiger partial charge is 0.445 e. The Kier molecular flexibility index (Phi) is 5.22. The summed E-state index contributed by atoms with van der Waals surface area (Å²) in [4.78, 5) is 16.1. The van der Waals surface area contributed by atoms with Gasteiger partial charge in [-0.25, -0.2) is 4.98 Å². The predicted octanol–water partition coefficient (Wildman–Crippen LogP) is 4.05. The second-order valence-corrected chi connectivity index (χ2v) is 8.10. The summed E-state index contributed by atoms with van der Waals surface area (Å²) >= 11 is 5.07. The molecule has 1 amide bonds. The van der Waals surface area contributed by atoms with Gasteiger partial charge in [-0.05, 0) is 32.9 Å². The highest BCUT2D eigenvalue weighted by molar-refractivity contribution is 9.11.